The molecule has 1 N–H and O–H groups in total. The number of hydrogen-bond acceptors (Lipinski definition) is 2. The maximum absolute atomic E-state index is 9.28. The van der Waals surface area contributed by atoms with Crippen molar-refractivity contribution in [1.82, 2.24) is 9.55 Å². The van der Waals surface area contributed by atoms with Gasteiger partial charge in [-0.1, -0.05) is 45.0 Å². The van der Waals surface area contributed by atoms with E-state index < -0.39 is 0 Å². The first-order chi connectivity index (χ1) is 8.84. The number of aromatic nitrogens is 2. The van der Waals surface area contributed by atoms with Crippen molar-refractivity contribution in [1.29, 1.82) is 0 Å². The van der Waals surface area contributed by atoms with Crippen LogP contribution in [0.25, 0.3) is 11.4 Å². The highest BCUT2D eigenvalue weighted by molar-refractivity contribution is 5.57. The van der Waals surface area contributed by atoms with E-state index >= 15 is 0 Å². The van der Waals surface area contributed by atoms with Gasteiger partial charge in [-0.2, -0.15) is 0 Å². The molecule has 0 atom stereocenters. The summed E-state index contributed by atoms with van der Waals surface area (Å²) in [5.41, 5.74) is 4.31. The highest BCUT2D eigenvalue weighted by Gasteiger charge is 2.15. The Kier molecular flexibility index (Phi) is 3.50. The number of imidazole rings is 1. The molecule has 102 valence electrons. The van der Waals surface area contributed by atoms with Crippen LogP contribution in [-0.2, 0) is 19.1 Å². The second kappa shape index (κ2) is 4.82. The molecule has 19 heavy (non-hydrogen) atoms. The molecule has 0 aliphatic heterocycles. The zero-order valence-corrected chi connectivity index (χ0v) is 12.4. The van der Waals surface area contributed by atoms with Crippen molar-refractivity contribution in [2.75, 3.05) is 0 Å². The molecule has 0 radical (unpaired) electrons. The zero-order valence-electron chi connectivity index (χ0n) is 12.4. The van der Waals surface area contributed by atoms with Crippen LogP contribution in [0.1, 0.15) is 37.7 Å². The Hall–Kier alpha value is -1.61. The Morgan fingerprint density at radius 1 is 1.16 bits per heavy atom. The van der Waals surface area contributed by atoms with Crippen molar-refractivity contribution < 1.29 is 5.11 Å². The minimum absolute atomic E-state index is 0.0141. The molecule has 0 amide bonds. The number of rotatable bonds is 2. The molecule has 0 saturated heterocycles. The summed E-state index contributed by atoms with van der Waals surface area (Å²) in [7, 11) is 1.98. The minimum Gasteiger partial charge on any atom is -0.390 e. The third kappa shape index (κ3) is 2.56. The van der Waals surface area contributed by atoms with Crippen LogP contribution in [0.4, 0.5) is 0 Å². The van der Waals surface area contributed by atoms with Gasteiger partial charge in [0.25, 0.3) is 0 Å². The van der Waals surface area contributed by atoms with E-state index in [-0.39, 0.29) is 12.0 Å². The van der Waals surface area contributed by atoms with Crippen LogP contribution in [0.5, 0.6) is 0 Å². The van der Waals surface area contributed by atoms with Crippen molar-refractivity contribution in [3.05, 3.63) is 41.2 Å². The predicted octanol–water partition coefficient (Wildman–Crippen LogP) is 3.19. The SMILES string of the molecule is Cc1c(CO)nc(-c2ccc(C(C)(C)C)cc2)n1C. The smallest absolute Gasteiger partial charge is 0.140 e. The summed E-state index contributed by atoms with van der Waals surface area (Å²) >= 11 is 0. The molecule has 3 heteroatoms. The maximum Gasteiger partial charge on any atom is 0.140 e. The van der Waals surface area contributed by atoms with Crippen molar-refractivity contribution in [2.24, 2.45) is 7.05 Å². The van der Waals surface area contributed by atoms with Gasteiger partial charge in [-0.3, -0.25) is 0 Å². The lowest BCUT2D eigenvalue weighted by molar-refractivity contribution is 0.276. The largest absolute Gasteiger partial charge is 0.390 e. The van der Waals surface area contributed by atoms with Crippen molar-refractivity contribution in [3.8, 4) is 11.4 Å². The Labute approximate surface area is 114 Å². The van der Waals surface area contributed by atoms with Crippen LogP contribution in [0, 0.1) is 6.92 Å². The first-order valence-electron chi connectivity index (χ1n) is 6.58. The summed E-state index contributed by atoms with van der Waals surface area (Å²) in [6, 6.07) is 8.50. The monoisotopic (exact) mass is 258 g/mol. The molecule has 0 spiro atoms. The predicted molar refractivity (Wildman–Crippen MR) is 78.0 cm³/mol. The van der Waals surface area contributed by atoms with E-state index in [1.54, 1.807) is 0 Å². The highest BCUT2D eigenvalue weighted by Crippen LogP contribution is 2.26. The molecule has 0 saturated carbocycles. The lowest BCUT2D eigenvalue weighted by Gasteiger charge is -2.19. The molecular formula is C16H22N2O. The topological polar surface area (TPSA) is 38.1 Å². The summed E-state index contributed by atoms with van der Waals surface area (Å²) in [5, 5.41) is 9.28. The molecule has 0 aliphatic carbocycles. The fourth-order valence-corrected chi connectivity index (χ4v) is 2.16. The number of hydrogen-bond donors (Lipinski definition) is 1. The number of aliphatic hydroxyl groups is 1. The molecule has 0 unspecified atom stereocenters. The van der Waals surface area contributed by atoms with Gasteiger partial charge in [0.05, 0.1) is 12.3 Å². The maximum atomic E-state index is 9.28. The Balaban J connectivity index is 2.43. The van der Waals surface area contributed by atoms with Crippen LogP contribution in [0.3, 0.4) is 0 Å². The lowest BCUT2D eigenvalue weighted by Crippen LogP contribution is -2.10. The molecular weight excluding hydrogens is 236 g/mol. The summed E-state index contributed by atoms with van der Waals surface area (Å²) in [5.74, 6) is 0.905. The lowest BCUT2D eigenvalue weighted by atomic mass is 9.87. The Bertz CT molecular complexity index is 574. The van der Waals surface area contributed by atoms with Crippen LogP contribution in [0.15, 0.2) is 24.3 Å². The molecule has 1 heterocycles. The fourth-order valence-electron chi connectivity index (χ4n) is 2.16. The first kappa shape index (κ1) is 13.8. The first-order valence-corrected chi connectivity index (χ1v) is 6.58. The molecule has 1 aromatic carbocycles. The van der Waals surface area contributed by atoms with Gasteiger partial charge in [0.1, 0.15) is 5.82 Å². The van der Waals surface area contributed by atoms with Gasteiger partial charge >= 0.3 is 0 Å². The van der Waals surface area contributed by atoms with Crippen LogP contribution in [-0.4, -0.2) is 14.7 Å². The van der Waals surface area contributed by atoms with Crippen LogP contribution < -0.4 is 0 Å². The zero-order chi connectivity index (χ0) is 14.2. The number of benzene rings is 1. The van der Waals surface area contributed by atoms with E-state index in [0.29, 0.717) is 0 Å². The number of nitrogens with zero attached hydrogens (tertiary/aromatic N) is 2. The molecule has 0 fully saturated rings. The van der Waals surface area contributed by atoms with Gasteiger partial charge < -0.3 is 9.67 Å². The van der Waals surface area contributed by atoms with Gasteiger partial charge in [-0.15, -0.1) is 0 Å². The fraction of sp³-hybridized carbons (Fsp3) is 0.438. The Morgan fingerprint density at radius 2 is 1.74 bits per heavy atom. The van der Waals surface area contributed by atoms with Gasteiger partial charge in [0.2, 0.25) is 0 Å². The van der Waals surface area contributed by atoms with Gasteiger partial charge in [0, 0.05) is 18.3 Å². The van der Waals surface area contributed by atoms with E-state index in [1.165, 1.54) is 5.56 Å². The van der Waals surface area contributed by atoms with Crippen LogP contribution >= 0.6 is 0 Å². The Morgan fingerprint density at radius 3 is 2.16 bits per heavy atom. The third-order valence-electron chi connectivity index (χ3n) is 3.64. The average molecular weight is 258 g/mol. The van der Waals surface area contributed by atoms with E-state index in [1.807, 2.05) is 18.5 Å². The van der Waals surface area contributed by atoms with E-state index in [0.717, 1.165) is 22.8 Å². The third-order valence-corrected chi connectivity index (χ3v) is 3.64. The molecule has 0 bridgehead atoms. The standard InChI is InChI=1S/C16H22N2O/c1-11-14(10-19)17-15(18(11)5)12-6-8-13(9-7-12)16(2,3)4/h6-9,19H,10H2,1-5H3. The summed E-state index contributed by atoms with van der Waals surface area (Å²) in [6.07, 6.45) is 0. The molecule has 1 aromatic heterocycles. The molecule has 0 aliphatic rings. The van der Waals surface area contributed by atoms with E-state index in [9.17, 15) is 5.11 Å². The second-order valence-electron chi connectivity index (χ2n) is 6.01. The van der Waals surface area contributed by atoms with Gasteiger partial charge in [-0.05, 0) is 17.9 Å². The quantitative estimate of drug-likeness (QED) is 0.898. The normalized spacial score (nSPS) is 11.9. The number of aliphatic hydroxyl groups excluding tert-OH is 1. The van der Waals surface area contributed by atoms with E-state index in [2.05, 4.69) is 50.0 Å². The van der Waals surface area contributed by atoms with Gasteiger partial charge in [-0.25, -0.2) is 4.98 Å². The van der Waals surface area contributed by atoms with Crippen LogP contribution in [0.2, 0.25) is 0 Å². The van der Waals surface area contributed by atoms with Crippen molar-refractivity contribution in [3.63, 3.8) is 0 Å². The molecule has 2 rings (SSSR count). The second-order valence-corrected chi connectivity index (χ2v) is 6.01. The van der Waals surface area contributed by atoms with Gasteiger partial charge in [0.15, 0.2) is 0 Å². The highest BCUT2D eigenvalue weighted by atomic mass is 16.3. The van der Waals surface area contributed by atoms with E-state index in [4.69, 9.17) is 0 Å². The summed E-state index contributed by atoms with van der Waals surface area (Å²) in [6.45, 7) is 8.58. The summed E-state index contributed by atoms with van der Waals surface area (Å²) in [4.78, 5) is 4.50. The minimum atomic E-state index is -0.0141. The summed E-state index contributed by atoms with van der Waals surface area (Å²) < 4.78 is 2.03. The van der Waals surface area contributed by atoms with Crippen molar-refractivity contribution >= 4 is 0 Å². The molecule has 2 aromatic rings. The average Bonchev–Trinajstić information content (AvgIpc) is 2.65. The molecule has 3 nitrogen and oxygen atoms in total. The van der Waals surface area contributed by atoms with Crippen molar-refractivity contribution in [2.45, 2.75) is 39.7 Å².